The zero-order valence-corrected chi connectivity index (χ0v) is 13.4. The first-order valence-electron chi connectivity index (χ1n) is 7.07. The largest absolute Gasteiger partial charge is 0.376 e. The Balaban J connectivity index is 3.99. The van der Waals surface area contributed by atoms with Gasteiger partial charge in [0.2, 0.25) is 0 Å². The van der Waals surface area contributed by atoms with Crippen molar-refractivity contribution >= 4 is 0 Å². The Morgan fingerprint density at radius 1 is 0.778 bits per heavy atom. The van der Waals surface area contributed by atoms with Crippen LogP contribution in [0.1, 0.15) is 61.8 Å². The predicted molar refractivity (Wildman–Crippen MR) is 76.0 cm³/mol. The van der Waals surface area contributed by atoms with E-state index in [0.29, 0.717) is 6.61 Å². The van der Waals surface area contributed by atoms with Crippen molar-refractivity contribution in [3.8, 4) is 0 Å². The highest BCUT2D eigenvalue weighted by Gasteiger charge is 2.23. The lowest BCUT2D eigenvalue weighted by atomic mass is 10.0. The molecule has 0 aromatic rings. The van der Waals surface area contributed by atoms with Crippen LogP contribution < -0.4 is 0 Å². The molecule has 0 fully saturated rings. The first-order chi connectivity index (χ1) is 8.12. The maximum atomic E-state index is 5.94. The van der Waals surface area contributed by atoms with E-state index in [0.717, 1.165) is 6.42 Å². The first-order valence-corrected chi connectivity index (χ1v) is 7.07. The van der Waals surface area contributed by atoms with E-state index in [1.165, 1.54) is 0 Å². The SMILES string of the molecule is CC(C)OC(C)COC(C)(C)CC(C)OC(C)C. The van der Waals surface area contributed by atoms with Crippen molar-refractivity contribution in [3.05, 3.63) is 0 Å². The summed E-state index contributed by atoms with van der Waals surface area (Å²) in [5, 5.41) is 0. The third-order valence-electron chi connectivity index (χ3n) is 2.50. The second-order valence-electron chi connectivity index (χ2n) is 6.27. The van der Waals surface area contributed by atoms with Crippen LogP contribution in [0.3, 0.4) is 0 Å². The molecule has 2 atom stereocenters. The van der Waals surface area contributed by atoms with Crippen molar-refractivity contribution in [1.82, 2.24) is 0 Å². The van der Waals surface area contributed by atoms with Crippen LogP contribution >= 0.6 is 0 Å². The Morgan fingerprint density at radius 3 is 1.67 bits per heavy atom. The van der Waals surface area contributed by atoms with Gasteiger partial charge in [0.15, 0.2) is 0 Å². The Kier molecular flexibility index (Phi) is 8.08. The molecular weight excluding hydrogens is 228 g/mol. The van der Waals surface area contributed by atoms with E-state index in [4.69, 9.17) is 14.2 Å². The summed E-state index contributed by atoms with van der Waals surface area (Å²) in [6.07, 6.45) is 1.74. The Labute approximate surface area is 113 Å². The van der Waals surface area contributed by atoms with Gasteiger partial charge in [0, 0.05) is 6.42 Å². The summed E-state index contributed by atoms with van der Waals surface area (Å²) < 4.78 is 17.3. The van der Waals surface area contributed by atoms with Gasteiger partial charge in [-0.2, -0.15) is 0 Å². The molecule has 0 aromatic heterocycles. The summed E-state index contributed by atoms with van der Waals surface area (Å²) in [5.74, 6) is 0. The van der Waals surface area contributed by atoms with E-state index in [2.05, 4.69) is 34.6 Å². The minimum atomic E-state index is -0.178. The molecule has 3 nitrogen and oxygen atoms in total. The molecule has 18 heavy (non-hydrogen) atoms. The quantitative estimate of drug-likeness (QED) is 0.631. The maximum Gasteiger partial charge on any atom is 0.0784 e. The zero-order valence-electron chi connectivity index (χ0n) is 13.4. The molecule has 0 aromatic carbocycles. The van der Waals surface area contributed by atoms with Crippen LogP contribution in [0.4, 0.5) is 0 Å². The zero-order chi connectivity index (χ0) is 14.3. The highest BCUT2D eigenvalue weighted by Crippen LogP contribution is 2.20. The molecule has 0 aliphatic rings. The average Bonchev–Trinajstić information content (AvgIpc) is 2.11. The number of hydrogen-bond donors (Lipinski definition) is 0. The van der Waals surface area contributed by atoms with Gasteiger partial charge in [0.05, 0.1) is 36.6 Å². The Bertz CT molecular complexity index is 212. The second-order valence-corrected chi connectivity index (χ2v) is 6.27. The summed E-state index contributed by atoms with van der Waals surface area (Å²) in [6.45, 7) is 17.2. The molecule has 0 aliphatic carbocycles. The highest BCUT2D eigenvalue weighted by atomic mass is 16.5. The normalized spacial score (nSPS) is 16.3. The molecule has 3 heteroatoms. The molecule has 0 spiro atoms. The van der Waals surface area contributed by atoms with Crippen LogP contribution in [0.25, 0.3) is 0 Å². The summed E-state index contributed by atoms with van der Waals surface area (Å²) in [6, 6.07) is 0. The molecule has 2 unspecified atom stereocenters. The first kappa shape index (κ1) is 17.9. The van der Waals surface area contributed by atoms with Gasteiger partial charge in [0.1, 0.15) is 0 Å². The second kappa shape index (κ2) is 8.13. The van der Waals surface area contributed by atoms with Gasteiger partial charge in [-0.1, -0.05) is 0 Å². The fourth-order valence-corrected chi connectivity index (χ4v) is 2.11. The van der Waals surface area contributed by atoms with Crippen molar-refractivity contribution in [2.24, 2.45) is 0 Å². The molecule has 0 heterocycles. The van der Waals surface area contributed by atoms with Crippen LogP contribution in [0.5, 0.6) is 0 Å². The van der Waals surface area contributed by atoms with Crippen LogP contribution in [0.2, 0.25) is 0 Å². The minimum Gasteiger partial charge on any atom is -0.376 e. The molecule has 0 amide bonds. The predicted octanol–water partition coefficient (Wildman–Crippen LogP) is 3.80. The highest BCUT2D eigenvalue weighted by molar-refractivity contribution is 4.73. The average molecular weight is 260 g/mol. The van der Waals surface area contributed by atoms with Crippen molar-refractivity contribution in [2.75, 3.05) is 6.61 Å². The Morgan fingerprint density at radius 2 is 1.22 bits per heavy atom. The lowest BCUT2D eigenvalue weighted by Gasteiger charge is -2.31. The van der Waals surface area contributed by atoms with Gasteiger partial charge in [0.25, 0.3) is 0 Å². The van der Waals surface area contributed by atoms with Crippen LogP contribution in [0.15, 0.2) is 0 Å². The van der Waals surface area contributed by atoms with E-state index >= 15 is 0 Å². The lowest BCUT2D eigenvalue weighted by molar-refractivity contribution is -0.110. The fraction of sp³-hybridized carbons (Fsp3) is 1.00. The van der Waals surface area contributed by atoms with Crippen LogP contribution in [0, 0.1) is 0 Å². The summed E-state index contributed by atoms with van der Waals surface area (Å²) in [4.78, 5) is 0. The van der Waals surface area contributed by atoms with Gasteiger partial charge in [-0.15, -0.1) is 0 Å². The third-order valence-corrected chi connectivity index (χ3v) is 2.50. The van der Waals surface area contributed by atoms with Crippen LogP contribution in [-0.2, 0) is 14.2 Å². The van der Waals surface area contributed by atoms with Crippen molar-refractivity contribution in [3.63, 3.8) is 0 Å². The number of ether oxygens (including phenoxy) is 3. The van der Waals surface area contributed by atoms with Gasteiger partial charge >= 0.3 is 0 Å². The monoisotopic (exact) mass is 260 g/mol. The summed E-state index contributed by atoms with van der Waals surface area (Å²) in [5.41, 5.74) is -0.178. The van der Waals surface area contributed by atoms with E-state index in [-0.39, 0.29) is 30.0 Å². The van der Waals surface area contributed by atoms with Gasteiger partial charge < -0.3 is 14.2 Å². The fourth-order valence-electron chi connectivity index (χ4n) is 2.11. The number of rotatable bonds is 9. The van der Waals surface area contributed by atoms with E-state index in [1.54, 1.807) is 0 Å². The van der Waals surface area contributed by atoms with E-state index in [1.807, 2.05) is 20.8 Å². The maximum absolute atomic E-state index is 5.94. The topological polar surface area (TPSA) is 27.7 Å². The Hall–Kier alpha value is -0.120. The third kappa shape index (κ3) is 9.86. The van der Waals surface area contributed by atoms with E-state index in [9.17, 15) is 0 Å². The van der Waals surface area contributed by atoms with Gasteiger partial charge in [-0.25, -0.2) is 0 Å². The summed E-state index contributed by atoms with van der Waals surface area (Å²) in [7, 11) is 0. The smallest absolute Gasteiger partial charge is 0.0784 e. The van der Waals surface area contributed by atoms with Gasteiger partial charge in [-0.05, 0) is 55.4 Å². The molecule has 0 bridgehead atoms. The standard InChI is InChI=1S/C15H32O3/c1-11(2)17-13(5)9-15(7,8)16-10-14(6)18-12(3)4/h11-14H,9-10H2,1-8H3. The lowest BCUT2D eigenvalue weighted by Crippen LogP contribution is -2.34. The molecule has 0 saturated heterocycles. The molecule has 110 valence electrons. The van der Waals surface area contributed by atoms with E-state index < -0.39 is 0 Å². The van der Waals surface area contributed by atoms with Gasteiger partial charge in [-0.3, -0.25) is 0 Å². The molecule has 0 rings (SSSR count). The van der Waals surface area contributed by atoms with Crippen LogP contribution in [-0.4, -0.2) is 36.6 Å². The van der Waals surface area contributed by atoms with Crippen molar-refractivity contribution in [1.29, 1.82) is 0 Å². The van der Waals surface area contributed by atoms with Crippen molar-refractivity contribution in [2.45, 2.75) is 91.8 Å². The minimum absolute atomic E-state index is 0.130. The molecule has 0 saturated carbocycles. The summed E-state index contributed by atoms with van der Waals surface area (Å²) >= 11 is 0. The molecule has 0 N–H and O–H groups in total. The molecule has 0 aliphatic heterocycles. The molecule has 0 radical (unpaired) electrons. The number of hydrogen-bond acceptors (Lipinski definition) is 3. The van der Waals surface area contributed by atoms with Crippen molar-refractivity contribution < 1.29 is 14.2 Å². The molecular formula is C15H32O3.